The van der Waals surface area contributed by atoms with Gasteiger partial charge < -0.3 is 10.6 Å². The van der Waals surface area contributed by atoms with Crippen LogP contribution in [0.15, 0.2) is 0 Å². The first-order valence-electron chi connectivity index (χ1n) is 7.57. The number of rotatable bonds is 3. The molecule has 0 aromatic heterocycles. The molecule has 5 nitrogen and oxygen atoms in total. The number of carbonyl (C=O) groups is 1. The Morgan fingerprint density at radius 1 is 1.30 bits per heavy atom. The van der Waals surface area contributed by atoms with E-state index in [1.807, 2.05) is 0 Å². The zero-order valence-electron chi connectivity index (χ0n) is 12.4. The molecule has 1 heterocycles. The zero-order chi connectivity index (χ0) is 14.8. The van der Waals surface area contributed by atoms with Crippen LogP contribution in [0.5, 0.6) is 0 Å². The summed E-state index contributed by atoms with van der Waals surface area (Å²) in [7, 11) is -3.31. The Bertz CT molecular complexity index is 450. The van der Waals surface area contributed by atoms with E-state index in [-0.39, 0.29) is 17.5 Å². The first-order valence-corrected chi connectivity index (χ1v) is 9.52. The molecule has 1 saturated carbocycles. The highest BCUT2D eigenvalue weighted by atomic mass is 32.2. The van der Waals surface area contributed by atoms with Crippen molar-refractivity contribution in [3.8, 4) is 0 Å². The quantitative estimate of drug-likeness (QED) is 0.815. The van der Waals surface area contributed by atoms with Crippen LogP contribution in [0.3, 0.4) is 0 Å². The molecule has 20 heavy (non-hydrogen) atoms. The van der Waals surface area contributed by atoms with Crippen molar-refractivity contribution in [1.82, 2.24) is 10.6 Å². The van der Waals surface area contributed by atoms with E-state index in [2.05, 4.69) is 10.6 Å². The molecule has 116 valence electrons. The predicted octanol–water partition coefficient (Wildman–Crippen LogP) is 0.991. The molecule has 6 heteroatoms. The van der Waals surface area contributed by atoms with Gasteiger partial charge in [0.05, 0.1) is 0 Å². The van der Waals surface area contributed by atoms with Crippen molar-refractivity contribution in [2.24, 2.45) is 0 Å². The van der Waals surface area contributed by atoms with E-state index in [0.29, 0.717) is 0 Å². The van der Waals surface area contributed by atoms with Crippen molar-refractivity contribution in [3.63, 3.8) is 0 Å². The van der Waals surface area contributed by atoms with Gasteiger partial charge in [-0.1, -0.05) is 19.3 Å². The lowest BCUT2D eigenvalue weighted by atomic mass is 9.75. The van der Waals surface area contributed by atoms with E-state index in [4.69, 9.17) is 0 Å². The summed E-state index contributed by atoms with van der Waals surface area (Å²) in [5.74, 6) is -0.356. The molecule has 2 aliphatic rings. The molecule has 1 saturated heterocycles. The Hall–Kier alpha value is -0.620. The smallest absolute Gasteiger partial charge is 0.238 e. The fourth-order valence-electron chi connectivity index (χ4n) is 3.40. The van der Waals surface area contributed by atoms with Crippen molar-refractivity contribution in [1.29, 1.82) is 0 Å². The fraction of sp³-hybridized carbons (Fsp3) is 0.929. The Morgan fingerprint density at radius 3 is 2.55 bits per heavy atom. The summed E-state index contributed by atoms with van der Waals surface area (Å²) in [5, 5.41) is 5.61. The maximum atomic E-state index is 12.0. The van der Waals surface area contributed by atoms with Gasteiger partial charge in [0.15, 0.2) is 9.84 Å². The van der Waals surface area contributed by atoms with Gasteiger partial charge in [0.25, 0.3) is 0 Å². The Kier molecular flexibility index (Phi) is 4.74. The van der Waals surface area contributed by atoms with Gasteiger partial charge >= 0.3 is 0 Å². The van der Waals surface area contributed by atoms with Gasteiger partial charge in [0.2, 0.25) is 5.91 Å². The lowest BCUT2D eigenvalue weighted by Gasteiger charge is -2.45. The minimum atomic E-state index is -3.31. The molecule has 0 aromatic rings. The van der Waals surface area contributed by atoms with Crippen LogP contribution in [-0.4, -0.2) is 44.0 Å². The van der Waals surface area contributed by atoms with E-state index >= 15 is 0 Å². The van der Waals surface area contributed by atoms with Gasteiger partial charge in [-0.05, 0) is 39.2 Å². The summed E-state index contributed by atoms with van der Waals surface area (Å²) >= 11 is 0. The van der Waals surface area contributed by atoms with Crippen molar-refractivity contribution >= 4 is 15.7 Å². The zero-order valence-corrected chi connectivity index (χ0v) is 13.3. The predicted molar refractivity (Wildman–Crippen MR) is 79.3 cm³/mol. The molecule has 2 fully saturated rings. The monoisotopic (exact) mass is 302 g/mol. The Labute approximate surface area is 121 Å². The van der Waals surface area contributed by atoms with Gasteiger partial charge in [-0.2, -0.15) is 0 Å². The summed E-state index contributed by atoms with van der Waals surface area (Å²) in [4.78, 5) is 12.0. The van der Waals surface area contributed by atoms with Crippen molar-refractivity contribution in [2.75, 3.05) is 12.8 Å². The topological polar surface area (TPSA) is 75.3 Å². The number of piperidine rings is 1. The molecule has 0 aromatic carbocycles. The Balaban J connectivity index is 1.94. The van der Waals surface area contributed by atoms with E-state index in [0.717, 1.165) is 25.6 Å². The standard InChI is InChI=1S/C14H26N2O3S/c1-11(20(2,18)19)13(17)16-12-6-9-15-14(10-12)7-4-3-5-8-14/h11-12,15H,3-10H2,1-2H3,(H,16,17). The summed E-state index contributed by atoms with van der Waals surface area (Å²) in [6.07, 6.45) is 9.04. The Morgan fingerprint density at radius 2 is 1.95 bits per heavy atom. The molecule has 2 atom stereocenters. The van der Waals surface area contributed by atoms with Crippen LogP contribution in [-0.2, 0) is 14.6 Å². The van der Waals surface area contributed by atoms with E-state index in [1.54, 1.807) is 0 Å². The number of carbonyl (C=O) groups excluding carboxylic acids is 1. The maximum absolute atomic E-state index is 12.0. The van der Waals surface area contributed by atoms with Crippen LogP contribution in [0.25, 0.3) is 0 Å². The second kappa shape index (κ2) is 6.02. The minimum absolute atomic E-state index is 0.103. The van der Waals surface area contributed by atoms with Crippen molar-refractivity contribution in [3.05, 3.63) is 0 Å². The second-order valence-corrected chi connectivity index (χ2v) is 8.80. The van der Waals surface area contributed by atoms with Crippen LogP contribution in [0.2, 0.25) is 0 Å². The number of sulfone groups is 1. The number of hydrogen-bond acceptors (Lipinski definition) is 4. The first-order chi connectivity index (χ1) is 9.32. The second-order valence-electron chi connectivity index (χ2n) is 6.44. The summed E-state index contributed by atoms with van der Waals surface area (Å²) in [6, 6.07) is 0.103. The van der Waals surface area contributed by atoms with Crippen molar-refractivity contribution in [2.45, 2.75) is 68.7 Å². The minimum Gasteiger partial charge on any atom is -0.352 e. The van der Waals surface area contributed by atoms with Crippen LogP contribution in [0, 0.1) is 0 Å². The van der Waals surface area contributed by atoms with Gasteiger partial charge in [0.1, 0.15) is 5.25 Å². The van der Waals surface area contributed by atoms with Crippen LogP contribution in [0.1, 0.15) is 51.9 Å². The molecule has 0 bridgehead atoms. The third kappa shape index (κ3) is 3.73. The molecular formula is C14H26N2O3S. The molecule has 1 aliphatic carbocycles. The highest BCUT2D eigenvalue weighted by Crippen LogP contribution is 2.34. The number of hydrogen-bond donors (Lipinski definition) is 2. The molecule has 0 radical (unpaired) electrons. The van der Waals surface area contributed by atoms with Crippen LogP contribution in [0.4, 0.5) is 0 Å². The van der Waals surface area contributed by atoms with E-state index in [1.165, 1.54) is 39.0 Å². The normalized spacial score (nSPS) is 28.0. The number of amides is 1. The summed E-state index contributed by atoms with van der Waals surface area (Å²) in [6.45, 7) is 2.36. The first kappa shape index (κ1) is 15.8. The third-order valence-electron chi connectivity index (χ3n) is 4.80. The molecule has 2 unspecified atom stereocenters. The van der Waals surface area contributed by atoms with Gasteiger partial charge in [-0.15, -0.1) is 0 Å². The lowest BCUT2D eigenvalue weighted by Crippen LogP contribution is -2.58. The third-order valence-corrected chi connectivity index (χ3v) is 6.30. The van der Waals surface area contributed by atoms with Crippen LogP contribution < -0.4 is 10.6 Å². The van der Waals surface area contributed by atoms with Crippen molar-refractivity contribution < 1.29 is 13.2 Å². The fourth-order valence-corrected chi connectivity index (χ4v) is 3.86. The molecule has 2 rings (SSSR count). The largest absolute Gasteiger partial charge is 0.352 e. The maximum Gasteiger partial charge on any atom is 0.238 e. The number of nitrogens with one attached hydrogen (secondary N) is 2. The van der Waals surface area contributed by atoms with E-state index < -0.39 is 15.1 Å². The highest BCUT2D eigenvalue weighted by molar-refractivity contribution is 7.92. The summed E-state index contributed by atoms with van der Waals surface area (Å²) < 4.78 is 22.9. The molecule has 1 spiro atoms. The van der Waals surface area contributed by atoms with Gasteiger partial charge in [0, 0.05) is 17.8 Å². The lowest BCUT2D eigenvalue weighted by molar-refractivity contribution is -0.121. The molecule has 2 N–H and O–H groups in total. The summed E-state index contributed by atoms with van der Waals surface area (Å²) in [5.41, 5.74) is 0.169. The van der Waals surface area contributed by atoms with Gasteiger partial charge in [-0.25, -0.2) is 8.42 Å². The van der Waals surface area contributed by atoms with Gasteiger partial charge in [-0.3, -0.25) is 4.79 Å². The average molecular weight is 302 g/mol. The molecular weight excluding hydrogens is 276 g/mol. The molecule has 1 amide bonds. The SMILES string of the molecule is CC(C(=O)NC1CCNC2(CCCCC2)C1)S(C)(=O)=O. The van der Waals surface area contributed by atoms with Crippen LogP contribution >= 0.6 is 0 Å². The average Bonchev–Trinajstić information content (AvgIpc) is 2.37. The molecule has 1 aliphatic heterocycles. The highest BCUT2D eigenvalue weighted by Gasteiger charge is 2.38. The van der Waals surface area contributed by atoms with E-state index in [9.17, 15) is 13.2 Å².